The van der Waals surface area contributed by atoms with Crippen LogP contribution in [0.4, 0.5) is 0 Å². The van der Waals surface area contributed by atoms with Crippen LogP contribution < -0.4 is 14.8 Å². The first-order valence-electron chi connectivity index (χ1n) is 9.57. The average Bonchev–Trinajstić information content (AvgIpc) is 3.25. The normalized spacial score (nSPS) is 23.4. The number of hydrogen-bond donors (Lipinski definition) is 1. The molecule has 2 atom stereocenters. The summed E-state index contributed by atoms with van der Waals surface area (Å²) in [5.74, 6) is 0.353. The number of carbonyl (C=O) groups is 1. The van der Waals surface area contributed by atoms with Gasteiger partial charge in [0.2, 0.25) is 15.9 Å². The van der Waals surface area contributed by atoms with Gasteiger partial charge in [-0.15, -0.1) is 0 Å². The minimum Gasteiger partial charge on any atom is -0.493 e. The molecule has 1 aromatic rings. The predicted octanol–water partition coefficient (Wildman–Crippen LogP) is 1.40. The van der Waals surface area contributed by atoms with Crippen LogP contribution in [0.15, 0.2) is 23.1 Å². The molecule has 2 saturated heterocycles. The number of carbonyl (C=O) groups excluding carboxylic acids is 1. The maximum absolute atomic E-state index is 13.1. The van der Waals surface area contributed by atoms with Crippen molar-refractivity contribution in [1.29, 1.82) is 0 Å². The molecule has 0 bridgehead atoms. The summed E-state index contributed by atoms with van der Waals surface area (Å²) in [5.41, 5.74) is 0. The Bertz CT molecular complexity index is 792. The largest absolute Gasteiger partial charge is 0.493 e. The van der Waals surface area contributed by atoms with E-state index in [9.17, 15) is 13.2 Å². The van der Waals surface area contributed by atoms with Crippen LogP contribution in [0.1, 0.15) is 25.7 Å². The first kappa shape index (κ1) is 20.9. The number of nitrogens with one attached hydrogen (secondary N) is 1. The highest BCUT2D eigenvalue weighted by molar-refractivity contribution is 7.89. The van der Waals surface area contributed by atoms with Gasteiger partial charge in [0.25, 0.3) is 0 Å². The van der Waals surface area contributed by atoms with Gasteiger partial charge in [0.15, 0.2) is 11.5 Å². The predicted molar refractivity (Wildman–Crippen MR) is 103 cm³/mol. The second kappa shape index (κ2) is 9.11. The fraction of sp³-hybridized carbons (Fsp3) is 0.632. The molecule has 0 saturated carbocycles. The Hall–Kier alpha value is -1.84. The molecule has 2 aliphatic rings. The Morgan fingerprint density at radius 2 is 2.00 bits per heavy atom. The lowest BCUT2D eigenvalue weighted by molar-refractivity contribution is -0.126. The fourth-order valence-electron chi connectivity index (χ4n) is 3.66. The van der Waals surface area contributed by atoms with E-state index < -0.39 is 10.0 Å². The van der Waals surface area contributed by atoms with Crippen LogP contribution in [0.25, 0.3) is 0 Å². The van der Waals surface area contributed by atoms with Crippen LogP contribution in [0.2, 0.25) is 0 Å². The van der Waals surface area contributed by atoms with Crippen molar-refractivity contribution in [2.75, 3.05) is 40.5 Å². The van der Waals surface area contributed by atoms with Crippen molar-refractivity contribution in [3.8, 4) is 11.5 Å². The Labute approximate surface area is 166 Å². The van der Waals surface area contributed by atoms with E-state index in [0.717, 1.165) is 19.4 Å². The number of ether oxygens (including phenoxy) is 3. The van der Waals surface area contributed by atoms with Crippen LogP contribution in [0.5, 0.6) is 11.5 Å². The third kappa shape index (κ3) is 4.59. The Morgan fingerprint density at radius 1 is 1.21 bits per heavy atom. The van der Waals surface area contributed by atoms with Gasteiger partial charge in [0.1, 0.15) is 0 Å². The average molecular weight is 413 g/mol. The zero-order valence-corrected chi connectivity index (χ0v) is 17.2. The molecule has 1 N–H and O–H groups in total. The standard InChI is InChI=1S/C19H28N2O6S/c1-25-17-8-7-16(11-18(17)26-2)28(23,24)21-9-3-5-14(13-21)19(22)20-12-15-6-4-10-27-15/h7-8,11,14-15H,3-6,9-10,12-13H2,1-2H3,(H,20,22)/t14-,15-/m1/s1. The van der Waals surface area contributed by atoms with Crippen LogP contribution in [0.3, 0.4) is 0 Å². The lowest BCUT2D eigenvalue weighted by atomic mass is 9.99. The van der Waals surface area contributed by atoms with Gasteiger partial charge < -0.3 is 19.5 Å². The second-order valence-corrected chi connectivity index (χ2v) is 9.04. The summed E-state index contributed by atoms with van der Waals surface area (Å²) in [7, 11) is -0.765. The van der Waals surface area contributed by atoms with Gasteiger partial charge >= 0.3 is 0 Å². The molecule has 2 heterocycles. The number of benzene rings is 1. The zero-order chi connectivity index (χ0) is 20.1. The summed E-state index contributed by atoms with van der Waals surface area (Å²) in [6, 6.07) is 4.52. The summed E-state index contributed by atoms with van der Waals surface area (Å²) >= 11 is 0. The third-order valence-corrected chi connectivity index (χ3v) is 7.14. The molecule has 156 valence electrons. The number of methoxy groups -OCH3 is 2. The Balaban J connectivity index is 1.67. The topological polar surface area (TPSA) is 94.2 Å². The highest BCUT2D eigenvalue weighted by atomic mass is 32.2. The summed E-state index contributed by atoms with van der Waals surface area (Å²) in [6.07, 6.45) is 3.35. The van der Waals surface area contributed by atoms with E-state index in [0.29, 0.717) is 37.4 Å². The first-order valence-corrected chi connectivity index (χ1v) is 11.0. The molecule has 2 aliphatic heterocycles. The monoisotopic (exact) mass is 412 g/mol. The van der Waals surface area contributed by atoms with Gasteiger partial charge in [0, 0.05) is 32.3 Å². The van der Waals surface area contributed by atoms with Crippen molar-refractivity contribution >= 4 is 15.9 Å². The smallest absolute Gasteiger partial charge is 0.243 e. The minimum absolute atomic E-state index is 0.0686. The summed E-state index contributed by atoms with van der Waals surface area (Å²) in [5, 5.41) is 2.92. The summed E-state index contributed by atoms with van der Waals surface area (Å²) in [4.78, 5) is 12.7. The van der Waals surface area contributed by atoms with E-state index >= 15 is 0 Å². The number of hydrogen-bond acceptors (Lipinski definition) is 6. The molecule has 2 fully saturated rings. The molecule has 0 unspecified atom stereocenters. The molecule has 28 heavy (non-hydrogen) atoms. The van der Waals surface area contributed by atoms with Gasteiger partial charge in [-0.3, -0.25) is 4.79 Å². The molecule has 0 radical (unpaired) electrons. The minimum atomic E-state index is -3.72. The van der Waals surface area contributed by atoms with Crippen molar-refractivity contribution < 1.29 is 27.4 Å². The van der Waals surface area contributed by atoms with Crippen molar-refractivity contribution in [3.63, 3.8) is 0 Å². The highest BCUT2D eigenvalue weighted by Gasteiger charge is 2.34. The molecule has 3 rings (SSSR count). The number of amides is 1. The van der Waals surface area contributed by atoms with Crippen LogP contribution in [-0.4, -0.2) is 65.2 Å². The molecule has 0 aromatic heterocycles. The third-order valence-electron chi connectivity index (χ3n) is 5.28. The summed E-state index contributed by atoms with van der Waals surface area (Å²) < 4.78 is 43.4. The van der Waals surface area contributed by atoms with Crippen LogP contribution in [-0.2, 0) is 19.6 Å². The van der Waals surface area contributed by atoms with Crippen LogP contribution >= 0.6 is 0 Å². The summed E-state index contributed by atoms with van der Waals surface area (Å²) in [6.45, 7) is 1.79. The van der Waals surface area contributed by atoms with E-state index in [1.165, 1.54) is 30.7 Å². The van der Waals surface area contributed by atoms with Gasteiger partial charge in [-0.25, -0.2) is 8.42 Å². The maximum atomic E-state index is 13.1. The molecule has 8 nitrogen and oxygen atoms in total. The molecule has 0 aliphatic carbocycles. The van der Waals surface area contributed by atoms with Crippen molar-refractivity contribution in [2.24, 2.45) is 5.92 Å². The second-order valence-electron chi connectivity index (χ2n) is 7.10. The van der Waals surface area contributed by atoms with Crippen molar-refractivity contribution in [2.45, 2.75) is 36.7 Å². The lowest BCUT2D eigenvalue weighted by Gasteiger charge is -2.31. The molecule has 1 aromatic carbocycles. The molecule has 1 amide bonds. The molecular weight excluding hydrogens is 384 g/mol. The number of rotatable bonds is 7. The SMILES string of the molecule is COc1ccc(S(=O)(=O)N2CCC[C@@H](C(=O)NC[C@H]3CCCO3)C2)cc1OC. The van der Waals surface area contributed by atoms with E-state index in [2.05, 4.69) is 5.32 Å². The number of sulfonamides is 1. The number of piperidine rings is 1. The van der Waals surface area contributed by atoms with Gasteiger partial charge in [0.05, 0.1) is 31.1 Å². The molecular formula is C19H28N2O6S. The number of nitrogens with zero attached hydrogens (tertiary/aromatic N) is 1. The van der Waals surface area contributed by atoms with Crippen LogP contribution in [0, 0.1) is 5.92 Å². The van der Waals surface area contributed by atoms with E-state index in [4.69, 9.17) is 14.2 Å². The quantitative estimate of drug-likeness (QED) is 0.728. The van der Waals surface area contributed by atoms with Gasteiger partial charge in [-0.2, -0.15) is 4.31 Å². The Kier molecular flexibility index (Phi) is 6.79. The Morgan fingerprint density at radius 3 is 2.68 bits per heavy atom. The lowest BCUT2D eigenvalue weighted by Crippen LogP contribution is -2.46. The van der Waals surface area contributed by atoms with Crippen molar-refractivity contribution in [3.05, 3.63) is 18.2 Å². The van der Waals surface area contributed by atoms with Crippen molar-refractivity contribution in [1.82, 2.24) is 9.62 Å². The fourth-order valence-corrected chi connectivity index (χ4v) is 5.20. The van der Waals surface area contributed by atoms with E-state index in [-0.39, 0.29) is 29.4 Å². The van der Waals surface area contributed by atoms with E-state index in [1.54, 1.807) is 6.07 Å². The highest BCUT2D eigenvalue weighted by Crippen LogP contribution is 2.32. The first-order chi connectivity index (χ1) is 13.5. The van der Waals surface area contributed by atoms with Gasteiger partial charge in [-0.1, -0.05) is 0 Å². The van der Waals surface area contributed by atoms with E-state index in [1.807, 2.05) is 0 Å². The molecule has 0 spiro atoms. The maximum Gasteiger partial charge on any atom is 0.243 e. The molecule has 9 heteroatoms. The zero-order valence-electron chi connectivity index (χ0n) is 16.3. The van der Waals surface area contributed by atoms with Gasteiger partial charge in [-0.05, 0) is 37.8 Å².